The van der Waals surface area contributed by atoms with E-state index in [1.165, 1.54) is 0 Å². The van der Waals surface area contributed by atoms with Crippen LogP contribution in [0, 0.1) is 0 Å². The molecule has 6 heteroatoms. The zero-order chi connectivity index (χ0) is 8.74. The molecule has 0 spiro atoms. The summed E-state index contributed by atoms with van der Waals surface area (Å²) in [6, 6.07) is 0. The summed E-state index contributed by atoms with van der Waals surface area (Å²) in [6.45, 7) is 4.07. The number of hydrogen-bond acceptors (Lipinski definition) is 4. The lowest BCUT2D eigenvalue weighted by Crippen LogP contribution is -1.98. The molecule has 0 radical (unpaired) electrons. The zero-order valence-corrected chi connectivity index (χ0v) is 9.06. The van der Waals surface area contributed by atoms with Crippen molar-refractivity contribution in [2.24, 2.45) is 0 Å². The Morgan fingerprint density at radius 2 is 1.64 bits per heavy atom. The molecule has 0 atom stereocenters. The lowest BCUT2D eigenvalue weighted by atomic mass is 10.9. The van der Waals surface area contributed by atoms with Crippen LogP contribution in [-0.2, 0) is 18.1 Å². The second-order valence-corrected chi connectivity index (χ2v) is 3.65. The maximum atomic E-state index is 11.3. The van der Waals surface area contributed by atoms with Gasteiger partial charge in [-0.15, -0.1) is 0 Å². The molecule has 11 heavy (non-hydrogen) atoms. The highest BCUT2D eigenvalue weighted by Crippen LogP contribution is 2.49. The fourth-order valence-electron chi connectivity index (χ4n) is 0.488. The molecule has 0 saturated carbocycles. The molecule has 0 amide bonds. The number of phosphoric acid groups is 1. The Labute approximate surface area is 75.0 Å². The van der Waals surface area contributed by atoms with Crippen molar-refractivity contribution in [2.45, 2.75) is 13.8 Å². The topological polar surface area (TPSA) is 44.8 Å². The smallest absolute Gasteiger partial charge is 0.287 e. The van der Waals surface area contributed by atoms with Gasteiger partial charge in [-0.05, 0) is 13.8 Å². The van der Waals surface area contributed by atoms with Crippen LogP contribution in [0.2, 0.25) is 0 Å². The van der Waals surface area contributed by atoms with Gasteiger partial charge in [0.05, 0.1) is 13.2 Å². The predicted octanol–water partition coefficient (Wildman–Crippen LogP) is 2.54. The van der Waals surface area contributed by atoms with E-state index in [0.29, 0.717) is 13.2 Å². The molecule has 0 saturated heterocycles. The molecule has 0 unspecified atom stereocenters. The first kappa shape index (κ1) is 11.6. The molecule has 0 bridgehead atoms. The van der Waals surface area contributed by atoms with Gasteiger partial charge >= 0.3 is 7.82 Å². The Kier molecular flexibility index (Phi) is 6.47. The monoisotopic (exact) mass is 246 g/mol. The summed E-state index contributed by atoms with van der Waals surface area (Å²) >= 11 is 2.97. The molecule has 68 valence electrons. The molecule has 0 heterocycles. The quantitative estimate of drug-likeness (QED) is 0.534. The third-order valence-corrected chi connectivity index (χ3v) is 2.96. The normalized spacial score (nSPS) is 11.9. The third-order valence-electron chi connectivity index (χ3n) is 0.781. The first-order valence-corrected chi connectivity index (χ1v) is 5.86. The van der Waals surface area contributed by atoms with Crippen molar-refractivity contribution in [1.29, 1.82) is 0 Å². The van der Waals surface area contributed by atoms with Gasteiger partial charge in [-0.3, -0.25) is 13.6 Å². The lowest BCUT2D eigenvalue weighted by Gasteiger charge is -2.14. The van der Waals surface area contributed by atoms with Gasteiger partial charge in [-0.1, -0.05) is 15.9 Å². The highest BCUT2D eigenvalue weighted by Gasteiger charge is 2.24. The number of alkyl halides is 1. The summed E-state index contributed by atoms with van der Waals surface area (Å²) in [5.41, 5.74) is 0.143. The fraction of sp³-hybridized carbons (Fsp3) is 1.00. The van der Waals surface area contributed by atoms with Crippen molar-refractivity contribution in [3.63, 3.8) is 0 Å². The Balaban J connectivity index is 3.91. The van der Waals surface area contributed by atoms with Crippen LogP contribution < -0.4 is 0 Å². The summed E-state index contributed by atoms with van der Waals surface area (Å²) in [7, 11) is -3.27. The Morgan fingerprint density at radius 1 is 1.18 bits per heavy atom. The van der Waals surface area contributed by atoms with E-state index in [9.17, 15) is 4.57 Å². The van der Waals surface area contributed by atoms with Crippen molar-refractivity contribution in [1.82, 2.24) is 0 Å². The minimum Gasteiger partial charge on any atom is -0.287 e. The maximum Gasteiger partial charge on any atom is 0.475 e. The van der Waals surface area contributed by atoms with Crippen LogP contribution in [0.5, 0.6) is 0 Å². The zero-order valence-electron chi connectivity index (χ0n) is 6.58. The molecular weight excluding hydrogens is 235 g/mol. The summed E-state index contributed by atoms with van der Waals surface area (Å²) < 4.78 is 25.6. The average molecular weight is 247 g/mol. The van der Waals surface area contributed by atoms with Crippen molar-refractivity contribution in [3.05, 3.63) is 0 Å². The standard InChI is InChI=1S/C5H12BrO4P/c1-3-8-11(7,9-4-2)10-5-6/h3-5H2,1-2H3. The summed E-state index contributed by atoms with van der Waals surface area (Å²) in [5.74, 6) is 0. The van der Waals surface area contributed by atoms with Crippen LogP contribution in [0.3, 0.4) is 0 Å². The second kappa shape index (κ2) is 6.14. The Hall–Kier alpha value is 0.590. The van der Waals surface area contributed by atoms with Gasteiger partial charge in [-0.2, -0.15) is 0 Å². The predicted molar refractivity (Wildman–Crippen MR) is 45.7 cm³/mol. The molecule has 0 N–H and O–H groups in total. The molecule has 0 rings (SSSR count). The minimum atomic E-state index is -3.27. The second-order valence-electron chi connectivity index (χ2n) is 1.52. The SMILES string of the molecule is CCOP(=O)(OCC)OCBr. The van der Waals surface area contributed by atoms with E-state index < -0.39 is 7.82 Å². The Bertz CT molecular complexity index is 117. The molecule has 0 fully saturated rings. The molecule has 0 aromatic rings. The van der Waals surface area contributed by atoms with Crippen LogP contribution in [0.4, 0.5) is 0 Å². The van der Waals surface area contributed by atoms with Crippen LogP contribution >= 0.6 is 23.8 Å². The summed E-state index contributed by atoms with van der Waals surface area (Å²) in [4.78, 5) is 0. The Morgan fingerprint density at radius 3 is 1.91 bits per heavy atom. The van der Waals surface area contributed by atoms with E-state index in [2.05, 4.69) is 15.9 Å². The van der Waals surface area contributed by atoms with Gasteiger partial charge in [0.2, 0.25) is 0 Å². The van der Waals surface area contributed by atoms with E-state index in [1.54, 1.807) is 13.8 Å². The largest absolute Gasteiger partial charge is 0.475 e. The van der Waals surface area contributed by atoms with Crippen molar-refractivity contribution in [2.75, 3.05) is 18.7 Å². The van der Waals surface area contributed by atoms with Gasteiger partial charge in [0.1, 0.15) is 5.52 Å². The van der Waals surface area contributed by atoms with Gasteiger partial charge in [0, 0.05) is 0 Å². The molecule has 0 aliphatic heterocycles. The van der Waals surface area contributed by atoms with Crippen LogP contribution in [0.25, 0.3) is 0 Å². The number of phosphoric ester groups is 1. The molecule has 0 aliphatic rings. The highest BCUT2D eigenvalue weighted by molar-refractivity contribution is 9.09. The van der Waals surface area contributed by atoms with Gasteiger partial charge < -0.3 is 0 Å². The molecule has 0 aliphatic carbocycles. The lowest BCUT2D eigenvalue weighted by molar-refractivity contribution is 0.138. The molecule has 0 aromatic carbocycles. The van der Waals surface area contributed by atoms with E-state index in [0.717, 1.165) is 0 Å². The first-order valence-electron chi connectivity index (χ1n) is 3.28. The van der Waals surface area contributed by atoms with Crippen LogP contribution in [-0.4, -0.2) is 18.7 Å². The van der Waals surface area contributed by atoms with Crippen LogP contribution in [0.1, 0.15) is 13.8 Å². The van der Waals surface area contributed by atoms with Crippen molar-refractivity contribution in [3.8, 4) is 0 Å². The van der Waals surface area contributed by atoms with Gasteiger partial charge in [0.25, 0.3) is 0 Å². The highest BCUT2D eigenvalue weighted by atomic mass is 79.9. The van der Waals surface area contributed by atoms with Crippen LogP contribution in [0.15, 0.2) is 0 Å². The number of rotatable bonds is 6. The minimum absolute atomic E-state index is 0.143. The van der Waals surface area contributed by atoms with E-state index >= 15 is 0 Å². The molecule has 0 aromatic heterocycles. The van der Waals surface area contributed by atoms with E-state index in [4.69, 9.17) is 13.6 Å². The average Bonchev–Trinajstić information content (AvgIpc) is 1.88. The van der Waals surface area contributed by atoms with Crippen molar-refractivity contribution < 1.29 is 18.1 Å². The fourth-order valence-corrected chi connectivity index (χ4v) is 2.22. The van der Waals surface area contributed by atoms with Crippen molar-refractivity contribution >= 4 is 23.8 Å². The van der Waals surface area contributed by atoms with Gasteiger partial charge in [0.15, 0.2) is 0 Å². The third kappa shape index (κ3) is 4.93. The summed E-state index contributed by atoms with van der Waals surface area (Å²) in [6.07, 6.45) is 0. The summed E-state index contributed by atoms with van der Waals surface area (Å²) in [5, 5.41) is 0. The molecule has 4 nitrogen and oxygen atoms in total. The number of halogens is 1. The van der Waals surface area contributed by atoms with E-state index in [-0.39, 0.29) is 5.52 Å². The number of hydrogen-bond donors (Lipinski definition) is 0. The first-order chi connectivity index (χ1) is 5.18. The molecular formula is C5H12BrO4P. The van der Waals surface area contributed by atoms with Gasteiger partial charge in [-0.25, -0.2) is 4.57 Å². The van der Waals surface area contributed by atoms with E-state index in [1.807, 2.05) is 0 Å². The maximum absolute atomic E-state index is 11.3.